The molecule has 0 aromatic heterocycles. The zero-order valence-corrected chi connectivity index (χ0v) is 14.2. The van der Waals surface area contributed by atoms with Crippen LogP contribution >= 0.6 is 15.9 Å². The average Bonchev–Trinajstić information content (AvgIpc) is 2.88. The molecule has 1 atom stereocenters. The van der Waals surface area contributed by atoms with Crippen molar-refractivity contribution in [2.24, 2.45) is 0 Å². The molecule has 24 heavy (non-hydrogen) atoms. The lowest BCUT2D eigenvalue weighted by Crippen LogP contribution is -2.39. The lowest BCUT2D eigenvalue weighted by Gasteiger charge is -2.17. The first kappa shape index (κ1) is 16.4. The summed E-state index contributed by atoms with van der Waals surface area (Å²) in [5.41, 5.74) is 1.28. The predicted octanol–water partition coefficient (Wildman–Crippen LogP) is 3.52. The van der Waals surface area contributed by atoms with Gasteiger partial charge in [-0.2, -0.15) is 0 Å². The highest BCUT2D eigenvalue weighted by Crippen LogP contribution is 2.22. The summed E-state index contributed by atoms with van der Waals surface area (Å²) < 4.78 is 13.8. The molecule has 1 aliphatic heterocycles. The van der Waals surface area contributed by atoms with Gasteiger partial charge in [-0.25, -0.2) is 9.18 Å². The van der Waals surface area contributed by atoms with Gasteiger partial charge in [0, 0.05) is 28.8 Å². The summed E-state index contributed by atoms with van der Waals surface area (Å²) in [6.45, 7) is 0.358. The van der Waals surface area contributed by atoms with Crippen molar-refractivity contribution >= 4 is 39.2 Å². The summed E-state index contributed by atoms with van der Waals surface area (Å²) in [5.74, 6) is -0.456. The van der Waals surface area contributed by atoms with Crippen molar-refractivity contribution < 1.29 is 14.0 Å². The van der Waals surface area contributed by atoms with Gasteiger partial charge in [-0.05, 0) is 42.5 Å². The summed E-state index contributed by atoms with van der Waals surface area (Å²) in [4.78, 5) is 25.7. The minimum atomic E-state index is -0.369. The Hall–Kier alpha value is -2.41. The van der Waals surface area contributed by atoms with Crippen molar-refractivity contribution in [2.45, 2.75) is 12.5 Å². The number of halogens is 2. The van der Waals surface area contributed by atoms with E-state index in [2.05, 4.69) is 26.6 Å². The number of hydrogen-bond donors (Lipinski definition) is 2. The quantitative estimate of drug-likeness (QED) is 0.840. The minimum Gasteiger partial charge on any atom is -0.333 e. The molecule has 1 fully saturated rings. The van der Waals surface area contributed by atoms with Gasteiger partial charge in [0.1, 0.15) is 5.82 Å². The van der Waals surface area contributed by atoms with Crippen LogP contribution in [-0.4, -0.2) is 24.5 Å². The van der Waals surface area contributed by atoms with Gasteiger partial charge in [-0.3, -0.25) is 4.79 Å². The van der Waals surface area contributed by atoms with Crippen LogP contribution in [0.25, 0.3) is 0 Å². The molecule has 0 saturated carbocycles. The molecule has 1 aliphatic rings. The van der Waals surface area contributed by atoms with Crippen molar-refractivity contribution in [1.29, 1.82) is 0 Å². The molecule has 2 N–H and O–H groups in total. The fraction of sp³-hybridized carbons (Fsp3) is 0.176. The topological polar surface area (TPSA) is 61.4 Å². The Kier molecular flexibility index (Phi) is 4.80. The van der Waals surface area contributed by atoms with Crippen LogP contribution in [0.3, 0.4) is 0 Å². The van der Waals surface area contributed by atoms with Gasteiger partial charge in [0.2, 0.25) is 5.91 Å². The summed E-state index contributed by atoms with van der Waals surface area (Å²) in [6.07, 6.45) is 0.212. The highest BCUT2D eigenvalue weighted by Gasteiger charge is 2.31. The fourth-order valence-electron chi connectivity index (χ4n) is 2.59. The molecule has 124 valence electrons. The maximum atomic E-state index is 13.0. The summed E-state index contributed by atoms with van der Waals surface area (Å²) in [7, 11) is 0. The van der Waals surface area contributed by atoms with Crippen LogP contribution in [0.1, 0.15) is 6.42 Å². The molecule has 1 heterocycles. The molecular formula is C17H15BrFN3O2. The zero-order chi connectivity index (χ0) is 17.1. The Balaban J connectivity index is 1.59. The Morgan fingerprint density at radius 1 is 1.21 bits per heavy atom. The number of amides is 3. The molecule has 1 saturated heterocycles. The Bertz CT molecular complexity index is 767. The molecule has 0 unspecified atom stereocenters. The smallest absolute Gasteiger partial charge is 0.319 e. The number of hydrogen-bond acceptors (Lipinski definition) is 2. The Morgan fingerprint density at radius 2 is 1.96 bits per heavy atom. The van der Waals surface area contributed by atoms with E-state index in [1.807, 2.05) is 12.1 Å². The van der Waals surface area contributed by atoms with E-state index in [1.54, 1.807) is 29.2 Å². The van der Waals surface area contributed by atoms with Gasteiger partial charge >= 0.3 is 6.03 Å². The average molecular weight is 392 g/mol. The molecule has 7 heteroatoms. The first-order valence-electron chi connectivity index (χ1n) is 7.40. The molecule has 0 spiro atoms. The van der Waals surface area contributed by atoms with Crippen molar-refractivity contribution in [1.82, 2.24) is 5.32 Å². The van der Waals surface area contributed by atoms with Gasteiger partial charge in [0.15, 0.2) is 0 Å². The lowest BCUT2D eigenvalue weighted by molar-refractivity contribution is -0.117. The van der Waals surface area contributed by atoms with E-state index in [1.165, 1.54) is 12.1 Å². The van der Waals surface area contributed by atoms with Gasteiger partial charge < -0.3 is 15.5 Å². The molecule has 2 aromatic carbocycles. The third kappa shape index (κ3) is 3.91. The molecule has 0 bridgehead atoms. The third-order valence-electron chi connectivity index (χ3n) is 3.68. The van der Waals surface area contributed by atoms with Crippen LogP contribution in [0.2, 0.25) is 0 Å². The van der Waals surface area contributed by atoms with E-state index in [9.17, 15) is 14.0 Å². The maximum Gasteiger partial charge on any atom is 0.319 e. The second kappa shape index (κ2) is 7.00. The third-order valence-corrected chi connectivity index (χ3v) is 4.17. The molecule has 3 rings (SSSR count). The minimum absolute atomic E-state index is 0.102. The monoisotopic (exact) mass is 391 g/mol. The molecule has 2 aromatic rings. The van der Waals surface area contributed by atoms with E-state index in [0.29, 0.717) is 17.9 Å². The van der Waals surface area contributed by atoms with E-state index in [4.69, 9.17) is 0 Å². The second-order valence-corrected chi connectivity index (χ2v) is 6.41. The van der Waals surface area contributed by atoms with Gasteiger partial charge in [0.25, 0.3) is 0 Å². The van der Waals surface area contributed by atoms with Crippen LogP contribution < -0.4 is 15.5 Å². The normalized spacial score (nSPS) is 17.0. The summed E-state index contributed by atoms with van der Waals surface area (Å²) in [6, 6.07) is 12.3. The van der Waals surface area contributed by atoms with E-state index >= 15 is 0 Å². The fourth-order valence-corrected chi connectivity index (χ4v) is 2.99. The Labute approximate surface area is 147 Å². The van der Waals surface area contributed by atoms with E-state index < -0.39 is 0 Å². The zero-order valence-electron chi connectivity index (χ0n) is 12.6. The number of anilines is 2. The molecule has 0 aliphatic carbocycles. The van der Waals surface area contributed by atoms with Crippen LogP contribution in [0.5, 0.6) is 0 Å². The largest absolute Gasteiger partial charge is 0.333 e. The Morgan fingerprint density at radius 3 is 2.67 bits per heavy atom. The van der Waals surface area contributed by atoms with Crippen molar-refractivity contribution in [3.05, 3.63) is 58.8 Å². The summed E-state index contributed by atoms with van der Waals surface area (Å²) in [5, 5.41) is 5.51. The standard InChI is InChI=1S/C17H15BrFN3O2/c18-11-2-1-3-13(8-11)20-17(24)21-14-9-16(23)22(10-14)15-6-4-12(19)5-7-15/h1-8,14H,9-10H2,(H2,20,21,24)/t14-/m0/s1. The SMILES string of the molecule is O=C(Nc1cccc(Br)c1)N[C@H]1CC(=O)N(c2ccc(F)cc2)C1. The lowest BCUT2D eigenvalue weighted by atomic mass is 10.2. The molecule has 0 radical (unpaired) electrons. The number of carbonyl (C=O) groups is 2. The van der Waals surface area contributed by atoms with Crippen LogP contribution in [0, 0.1) is 5.82 Å². The maximum absolute atomic E-state index is 13.0. The summed E-state index contributed by atoms with van der Waals surface area (Å²) >= 11 is 3.34. The van der Waals surface area contributed by atoms with E-state index in [-0.39, 0.29) is 30.2 Å². The van der Waals surface area contributed by atoms with E-state index in [0.717, 1.165) is 4.47 Å². The molecule has 5 nitrogen and oxygen atoms in total. The van der Waals surface area contributed by atoms with Crippen LogP contribution in [0.15, 0.2) is 53.0 Å². The number of urea groups is 1. The second-order valence-electron chi connectivity index (χ2n) is 5.49. The first-order chi connectivity index (χ1) is 11.5. The highest BCUT2D eigenvalue weighted by molar-refractivity contribution is 9.10. The number of nitrogens with zero attached hydrogens (tertiary/aromatic N) is 1. The van der Waals surface area contributed by atoms with Crippen LogP contribution in [-0.2, 0) is 4.79 Å². The van der Waals surface area contributed by atoms with Crippen molar-refractivity contribution in [3.63, 3.8) is 0 Å². The number of nitrogens with one attached hydrogen (secondary N) is 2. The van der Waals surface area contributed by atoms with Gasteiger partial charge in [0.05, 0.1) is 6.04 Å². The number of benzene rings is 2. The van der Waals surface area contributed by atoms with Crippen molar-refractivity contribution in [2.75, 3.05) is 16.8 Å². The highest BCUT2D eigenvalue weighted by atomic mass is 79.9. The molecule has 3 amide bonds. The van der Waals surface area contributed by atoms with Crippen LogP contribution in [0.4, 0.5) is 20.6 Å². The molecular weight excluding hydrogens is 377 g/mol. The van der Waals surface area contributed by atoms with Gasteiger partial charge in [-0.15, -0.1) is 0 Å². The number of carbonyl (C=O) groups excluding carboxylic acids is 2. The van der Waals surface area contributed by atoms with Gasteiger partial charge in [-0.1, -0.05) is 22.0 Å². The predicted molar refractivity (Wildman–Crippen MR) is 93.5 cm³/mol. The van der Waals surface area contributed by atoms with Crippen molar-refractivity contribution in [3.8, 4) is 0 Å². The number of rotatable bonds is 3. The first-order valence-corrected chi connectivity index (χ1v) is 8.19.